The molecule has 0 N–H and O–H groups in total. The molecule has 0 amide bonds. The summed E-state index contributed by atoms with van der Waals surface area (Å²) in [5.74, 6) is 0.0841. The van der Waals surface area contributed by atoms with Gasteiger partial charge in [0.15, 0.2) is 0 Å². The molecular formula is C11H7NO2. The lowest BCUT2D eigenvalue weighted by Gasteiger charge is -2.01. The van der Waals surface area contributed by atoms with Crippen LogP contribution < -0.4 is 4.74 Å². The first-order valence-corrected chi connectivity index (χ1v) is 4.12. The molecule has 1 heterocycles. The fraction of sp³-hybridized carbons (Fsp3) is 0. The summed E-state index contributed by atoms with van der Waals surface area (Å²) in [6, 6.07) is 3.25. The number of pyridine rings is 1. The monoisotopic (exact) mass is 185 g/mol. The van der Waals surface area contributed by atoms with Gasteiger partial charge in [0.25, 0.3) is 0 Å². The van der Waals surface area contributed by atoms with Gasteiger partial charge >= 0.3 is 5.97 Å². The van der Waals surface area contributed by atoms with E-state index in [4.69, 9.17) is 4.74 Å². The predicted octanol–water partition coefficient (Wildman–Crippen LogP) is 1.64. The van der Waals surface area contributed by atoms with Gasteiger partial charge in [-0.1, -0.05) is 6.08 Å². The third kappa shape index (κ3) is 1.79. The lowest BCUT2D eigenvalue weighted by Crippen LogP contribution is -2.08. The van der Waals surface area contributed by atoms with Gasteiger partial charge in [-0.3, -0.25) is 4.98 Å². The van der Waals surface area contributed by atoms with Gasteiger partial charge in [0.2, 0.25) is 0 Å². The minimum atomic E-state index is -0.402. The summed E-state index contributed by atoms with van der Waals surface area (Å²) in [6.45, 7) is 0. The largest absolute Gasteiger partial charge is 0.422 e. The van der Waals surface area contributed by atoms with Crippen molar-refractivity contribution < 1.29 is 9.53 Å². The van der Waals surface area contributed by atoms with Gasteiger partial charge in [0, 0.05) is 12.4 Å². The number of ether oxygens (including phenoxy) is 1. The van der Waals surface area contributed by atoms with Gasteiger partial charge in [-0.15, -0.1) is 5.73 Å². The molecule has 0 bridgehead atoms. The van der Waals surface area contributed by atoms with E-state index in [0.29, 0.717) is 11.3 Å². The van der Waals surface area contributed by atoms with Gasteiger partial charge in [0.05, 0.1) is 0 Å². The number of rotatable bonds is 2. The Kier molecular flexibility index (Phi) is 2.26. The first kappa shape index (κ1) is 8.48. The molecule has 0 spiro atoms. The molecular weight excluding hydrogens is 178 g/mol. The number of carbonyl (C=O) groups excluding carboxylic acids is 1. The molecule has 1 aromatic rings. The number of aromatic nitrogens is 1. The molecule has 1 aliphatic rings. The zero-order valence-electron chi connectivity index (χ0n) is 7.31. The molecule has 68 valence electrons. The molecule has 1 aromatic heterocycles. The van der Waals surface area contributed by atoms with E-state index in [1.165, 1.54) is 0 Å². The Morgan fingerprint density at radius 2 is 2.14 bits per heavy atom. The Morgan fingerprint density at radius 1 is 1.36 bits per heavy atom. The molecule has 0 unspecified atom stereocenters. The number of nitrogens with zero attached hydrogens (tertiary/aromatic N) is 1. The second-order valence-electron chi connectivity index (χ2n) is 2.66. The van der Waals surface area contributed by atoms with Crippen molar-refractivity contribution in [3.63, 3.8) is 0 Å². The standard InChI is InChI=1S/C11H7NO2/c13-11(9-3-1-2-4-9)14-10-5-7-12-8-6-10/h1-3,5-8H. The van der Waals surface area contributed by atoms with E-state index in [1.54, 1.807) is 42.8 Å². The van der Waals surface area contributed by atoms with Crippen molar-refractivity contribution in [1.82, 2.24) is 4.98 Å². The van der Waals surface area contributed by atoms with Crippen LogP contribution in [0.1, 0.15) is 0 Å². The average Bonchev–Trinajstić information content (AvgIpc) is 2.72. The highest BCUT2D eigenvalue weighted by molar-refractivity contribution is 5.93. The minimum Gasteiger partial charge on any atom is -0.422 e. The predicted molar refractivity (Wildman–Crippen MR) is 50.6 cm³/mol. The maximum atomic E-state index is 11.4. The van der Waals surface area contributed by atoms with Gasteiger partial charge < -0.3 is 4.74 Å². The molecule has 0 atom stereocenters. The van der Waals surface area contributed by atoms with Gasteiger partial charge in [-0.25, -0.2) is 4.79 Å². The van der Waals surface area contributed by atoms with Crippen LogP contribution in [0, 0.1) is 0 Å². The van der Waals surface area contributed by atoms with Crippen molar-refractivity contribution in [3.05, 3.63) is 54.1 Å². The minimum absolute atomic E-state index is 0.402. The second kappa shape index (κ2) is 3.73. The molecule has 0 saturated carbocycles. The quantitative estimate of drug-likeness (QED) is 0.519. The average molecular weight is 185 g/mol. The zero-order valence-corrected chi connectivity index (χ0v) is 7.31. The van der Waals surface area contributed by atoms with E-state index in [1.807, 2.05) is 0 Å². The SMILES string of the molecule is O=C(Oc1ccncc1)C1=C=CC=C1. The highest BCUT2D eigenvalue weighted by atomic mass is 16.5. The van der Waals surface area contributed by atoms with E-state index in [9.17, 15) is 4.79 Å². The fourth-order valence-corrected chi connectivity index (χ4v) is 1.03. The van der Waals surface area contributed by atoms with Gasteiger partial charge in [0.1, 0.15) is 11.3 Å². The maximum Gasteiger partial charge on any atom is 0.351 e. The molecule has 0 aromatic carbocycles. The highest BCUT2D eigenvalue weighted by Gasteiger charge is 2.09. The summed E-state index contributed by atoms with van der Waals surface area (Å²) in [6.07, 6.45) is 8.20. The maximum absolute atomic E-state index is 11.4. The highest BCUT2D eigenvalue weighted by Crippen LogP contribution is 2.11. The molecule has 0 saturated heterocycles. The number of allylic oxidation sites excluding steroid dienone is 1. The first-order chi connectivity index (χ1) is 6.86. The fourth-order valence-electron chi connectivity index (χ4n) is 1.03. The van der Waals surface area contributed by atoms with Crippen molar-refractivity contribution in [2.45, 2.75) is 0 Å². The topological polar surface area (TPSA) is 39.2 Å². The molecule has 1 aliphatic carbocycles. The lowest BCUT2D eigenvalue weighted by atomic mass is 10.3. The van der Waals surface area contributed by atoms with Crippen LogP contribution in [0.2, 0.25) is 0 Å². The van der Waals surface area contributed by atoms with E-state index >= 15 is 0 Å². The van der Waals surface area contributed by atoms with Crippen LogP contribution >= 0.6 is 0 Å². The molecule has 2 rings (SSSR count). The normalized spacial score (nSPS) is 12.7. The number of carbonyl (C=O) groups is 1. The Bertz CT molecular complexity index is 440. The smallest absolute Gasteiger partial charge is 0.351 e. The summed E-state index contributed by atoms with van der Waals surface area (Å²) in [5.41, 5.74) is 3.20. The van der Waals surface area contributed by atoms with Crippen molar-refractivity contribution in [3.8, 4) is 5.75 Å². The van der Waals surface area contributed by atoms with Crippen LogP contribution in [-0.2, 0) is 4.79 Å². The Labute approximate surface area is 81.0 Å². The third-order valence-electron chi connectivity index (χ3n) is 1.68. The number of esters is 1. The van der Waals surface area contributed by atoms with Gasteiger partial charge in [-0.05, 0) is 24.3 Å². The zero-order chi connectivity index (χ0) is 9.80. The Hall–Kier alpha value is -2.12. The molecule has 14 heavy (non-hydrogen) atoms. The first-order valence-electron chi connectivity index (χ1n) is 4.12. The van der Waals surface area contributed by atoms with E-state index in [-0.39, 0.29) is 0 Å². The molecule has 0 fully saturated rings. The van der Waals surface area contributed by atoms with Crippen molar-refractivity contribution in [1.29, 1.82) is 0 Å². The van der Waals surface area contributed by atoms with E-state index in [2.05, 4.69) is 10.7 Å². The van der Waals surface area contributed by atoms with Crippen LogP contribution in [0.4, 0.5) is 0 Å². The second-order valence-corrected chi connectivity index (χ2v) is 2.66. The van der Waals surface area contributed by atoms with E-state index < -0.39 is 5.97 Å². The summed E-state index contributed by atoms with van der Waals surface area (Å²) in [4.78, 5) is 15.2. The molecule has 3 nitrogen and oxygen atoms in total. The lowest BCUT2D eigenvalue weighted by molar-refractivity contribution is -0.129. The van der Waals surface area contributed by atoms with Crippen molar-refractivity contribution >= 4 is 5.97 Å². The van der Waals surface area contributed by atoms with Crippen LogP contribution in [0.15, 0.2) is 54.1 Å². The van der Waals surface area contributed by atoms with Crippen LogP contribution in [0.25, 0.3) is 0 Å². The van der Waals surface area contributed by atoms with E-state index in [0.717, 1.165) is 0 Å². The molecule has 0 radical (unpaired) electrons. The number of hydrogen-bond acceptors (Lipinski definition) is 3. The summed E-state index contributed by atoms with van der Waals surface area (Å²) in [5, 5.41) is 0. The van der Waals surface area contributed by atoms with Crippen LogP contribution in [0.5, 0.6) is 5.75 Å². The third-order valence-corrected chi connectivity index (χ3v) is 1.68. The van der Waals surface area contributed by atoms with Gasteiger partial charge in [-0.2, -0.15) is 0 Å². The Balaban J connectivity index is 2.09. The summed E-state index contributed by atoms with van der Waals surface area (Å²) in [7, 11) is 0. The Morgan fingerprint density at radius 3 is 2.79 bits per heavy atom. The van der Waals surface area contributed by atoms with Crippen molar-refractivity contribution in [2.75, 3.05) is 0 Å². The molecule has 3 heteroatoms. The molecule has 0 aliphatic heterocycles. The summed E-state index contributed by atoms with van der Waals surface area (Å²) < 4.78 is 5.05. The summed E-state index contributed by atoms with van der Waals surface area (Å²) >= 11 is 0. The van der Waals surface area contributed by atoms with Crippen LogP contribution in [0.3, 0.4) is 0 Å². The van der Waals surface area contributed by atoms with Crippen LogP contribution in [-0.4, -0.2) is 11.0 Å². The van der Waals surface area contributed by atoms with Crippen molar-refractivity contribution in [2.24, 2.45) is 0 Å². The number of hydrogen-bond donors (Lipinski definition) is 0.